The van der Waals surface area contributed by atoms with Crippen LogP contribution in [-0.2, 0) is 0 Å². The first kappa shape index (κ1) is 47.2. The van der Waals surface area contributed by atoms with Crippen LogP contribution in [0.2, 0.25) is 0 Å². The van der Waals surface area contributed by atoms with Crippen molar-refractivity contribution in [3.05, 3.63) is 285 Å². The van der Waals surface area contributed by atoms with Crippen molar-refractivity contribution in [1.82, 2.24) is 19.5 Å². The second-order valence-electron chi connectivity index (χ2n) is 21.4. The Morgan fingerprint density at radius 2 is 0.843 bits per heavy atom. The minimum Gasteiger partial charge on any atom is -0.311 e. The Kier molecular flexibility index (Phi) is 10.8. The second kappa shape index (κ2) is 19.0. The Labute approximate surface area is 484 Å². The third-order valence-corrected chi connectivity index (χ3v) is 18.0. The van der Waals surface area contributed by atoms with Crippen molar-refractivity contribution in [2.75, 3.05) is 9.80 Å². The van der Waals surface area contributed by atoms with E-state index in [0.717, 1.165) is 67.0 Å². The smallest absolute Gasteiger partial charge is 0.252 e. The molecule has 0 saturated heterocycles. The maximum absolute atomic E-state index is 5.39. The van der Waals surface area contributed by atoms with Crippen LogP contribution >= 0.6 is 11.3 Å². The Balaban J connectivity index is 0.839. The lowest BCUT2D eigenvalue weighted by Gasteiger charge is -2.44. The highest BCUT2D eigenvalue weighted by molar-refractivity contribution is 7.26. The fourth-order valence-corrected chi connectivity index (χ4v) is 14.5. The lowest BCUT2D eigenvalue weighted by molar-refractivity contribution is 1.06. The van der Waals surface area contributed by atoms with Gasteiger partial charge in [0, 0.05) is 87.3 Å². The maximum Gasteiger partial charge on any atom is 0.252 e. The van der Waals surface area contributed by atoms with Gasteiger partial charge in [-0.05, 0) is 112 Å². The van der Waals surface area contributed by atoms with Gasteiger partial charge in [0.15, 0.2) is 17.5 Å². The number of thiophene rings is 1. The minimum atomic E-state index is 0.0801. The van der Waals surface area contributed by atoms with E-state index in [4.69, 9.17) is 15.0 Å². The molecule has 3 aromatic heterocycles. The summed E-state index contributed by atoms with van der Waals surface area (Å²) in [6, 6.07) is 103. The number of rotatable bonds is 8. The number of para-hydroxylation sites is 5. The zero-order valence-electron chi connectivity index (χ0n) is 44.8. The molecule has 8 heteroatoms. The van der Waals surface area contributed by atoms with Crippen molar-refractivity contribution >= 4 is 111 Å². The van der Waals surface area contributed by atoms with E-state index >= 15 is 0 Å². The molecule has 0 atom stereocenters. The molecule has 2 aliphatic heterocycles. The molecule has 6 nitrogen and oxygen atoms in total. The molecular weight excluding hydrogens is 1030 g/mol. The van der Waals surface area contributed by atoms with E-state index in [1.165, 1.54) is 70.1 Å². The van der Waals surface area contributed by atoms with Crippen LogP contribution in [0.4, 0.5) is 34.1 Å². The highest BCUT2D eigenvalue weighted by Crippen LogP contribution is 2.48. The topological polar surface area (TPSA) is 50.1 Å². The monoisotopic (exact) mass is 1070 g/mol. The summed E-state index contributed by atoms with van der Waals surface area (Å²) in [4.78, 5) is 20.8. The fraction of sp³-hybridized carbons (Fsp3) is 0. The largest absolute Gasteiger partial charge is 0.311 e. The summed E-state index contributed by atoms with van der Waals surface area (Å²) in [7, 11) is 0. The molecule has 0 unspecified atom stereocenters. The van der Waals surface area contributed by atoms with Gasteiger partial charge in [-0.2, -0.15) is 0 Å². The van der Waals surface area contributed by atoms with Gasteiger partial charge < -0.3 is 14.4 Å². The van der Waals surface area contributed by atoms with E-state index in [1.807, 2.05) is 47.7 Å². The van der Waals surface area contributed by atoms with Crippen molar-refractivity contribution in [2.45, 2.75) is 0 Å². The average molecular weight is 1080 g/mol. The van der Waals surface area contributed by atoms with Gasteiger partial charge in [-0.15, -0.1) is 11.3 Å². The average Bonchev–Trinajstić information content (AvgIpc) is 4.05. The molecule has 0 spiro atoms. The van der Waals surface area contributed by atoms with Crippen LogP contribution in [0.25, 0.3) is 104 Å². The van der Waals surface area contributed by atoms with Crippen LogP contribution in [0.1, 0.15) is 0 Å². The summed E-state index contributed by atoms with van der Waals surface area (Å²) >= 11 is 1.87. The molecule has 0 radical (unpaired) electrons. The summed E-state index contributed by atoms with van der Waals surface area (Å²) < 4.78 is 5.02. The molecule has 5 heterocycles. The summed E-state index contributed by atoms with van der Waals surface area (Å²) in [6.07, 6.45) is 0. The lowest BCUT2D eigenvalue weighted by atomic mass is 9.33. The van der Waals surface area contributed by atoms with Gasteiger partial charge in [-0.25, -0.2) is 15.0 Å². The fourth-order valence-electron chi connectivity index (χ4n) is 13.2. The van der Waals surface area contributed by atoms with Crippen molar-refractivity contribution in [3.8, 4) is 62.1 Å². The standard InChI is InChI=1S/C75H47BN6S/c1-4-21-49(22-5-1)73-77-74(50-23-6-2-7-24-50)79-75(78-73)59-32-19-31-55(71(59)82-62-35-14-10-30-58(62)69-65(82)46-45-57-56-29-11-17-40-68(56)83-72(57)69)52-26-18-25-51(47-52)48-41-43-54(44-42-48)81-64-37-16-13-34-61(64)76-60-33-12-15-36-63(60)80(53-27-8-3-9-28-53)66-38-20-39-67(81)70(66)76/h1-47H. The Hall–Kier alpha value is -10.7. The summed E-state index contributed by atoms with van der Waals surface area (Å²) in [6.45, 7) is 0.0801. The number of aromatic nitrogens is 4. The molecule has 2 aliphatic rings. The van der Waals surface area contributed by atoms with Crippen LogP contribution in [0.15, 0.2) is 285 Å². The first-order chi connectivity index (χ1) is 41.2. The highest BCUT2D eigenvalue weighted by atomic mass is 32.1. The van der Waals surface area contributed by atoms with Crippen LogP contribution in [0, 0.1) is 0 Å². The number of hydrogen-bond donors (Lipinski definition) is 0. The van der Waals surface area contributed by atoms with Gasteiger partial charge in [0.25, 0.3) is 6.71 Å². The van der Waals surface area contributed by atoms with E-state index in [-0.39, 0.29) is 6.71 Å². The van der Waals surface area contributed by atoms with E-state index < -0.39 is 0 Å². The zero-order valence-corrected chi connectivity index (χ0v) is 45.6. The van der Waals surface area contributed by atoms with Crippen molar-refractivity contribution in [3.63, 3.8) is 0 Å². The molecule has 17 rings (SSSR count). The zero-order chi connectivity index (χ0) is 54.5. The van der Waals surface area contributed by atoms with Crippen molar-refractivity contribution < 1.29 is 0 Å². The number of anilines is 6. The predicted molar refractivity (Wildman–Crippen MR) is 348 cm³/mol. The number of benzene rings is 12. The van der Waals surface area contributed by atoms with Crippen LogP contribution in [0.3, 0.4) is 0 Å². The first-order valence-corrected chi connectivity index (χ1v) is 29.0. The van der Waals surface area contributed by atoms with Crippen LogP contribution in [-0.4, -0.2) is 26.2 Å². The minimum absolute atomic E-state index is 0.0801. The van der Waals surface area contributed by atoms with Gasteiger partial charge in [0.1, 0.15) is 0 Å². The molecule has 0 saturated carbocycles. The lowest BCUT2D eigenvalue weighted by Crippen LogP contribution is -2.61. The third-order valence-electron chi connectivity index (χ3n) is 16.8. The van der Waals surface area contributed by atoms with Gasteiger partial charge in [-0.1, -0.05) is 206 Å². The molecule has 83 heavy (non-hydrogen) atoms. The third kappa shape index (κ3) is 7.46. The summed E-state index contributed by atoms with van der Waals surface area (Å²) in [5, 5.41) is 4.98. The molecule has 0 aliphatic carbocycles. The van der Waals surface area contributed by atoms with Gasteiger partial charge in [0.05, 0.1) is 16.7 Å². The molecule has 0 amide bonds. The maximum atomic E-state index is 5.39. The van der Waals surface area contributed by atoms with E-state index in [9.17, 15) is 0 Å². The Morgan fingerprint density at radius 1 is 0.325 bits per heavy atom. The van der Waals surface area contributed by atoms with E-state index in [2.05, 4.69) is 263 Å². The molecule has 0 fully saturated rings. The highest BCUT2D eigenvalue weighted by Gasteiger charge is 2.43. The molecular formula is C75H47BN6S. The summed E-state index contributed by atoms with van der Waals surface area (Å²) in [5.74, 6) is 1.83. The van der Waals surface area contributed by atoms with Gasteiger partial charge in [-0.3, -0.25) is 0 Å². The SMILES string of the molecule is c1ccc(-c2nc(-c3ccccc3)nc(-c3cccc(-c4cccc(-c5ccc(N6c7ccccc7B7c8ccccc8N(c8ccccc8)c8cccc6c87)cc5)c4)c3-n3c4ccccc4c4c5sc6ccccc6c5ccc43)n2)cc1. The van der Waals surface area contributed by atoms with Crippen molar-refractivity contribution in [1.29, 1.82) is 0 Å². The van der Waals surface area contributed by atoms with Crippen LogP contribution < -0.4 is 26.2 Å². The molecule has 15 aromatic rings. The Morgan fingerprint density at radius 3 is 1.54 bits per heavy atom. The quantitative estimate of drug-likeness (QED) is 0.142. The normalized spacial score (nSPS) is 12.5. The summed E-state index contributed by atoms with van der Waals surface area (Å²) in [5.41, 5.74) is 21.3. The molecule has 12 aromatic carbocycles. The Bertz CT molecular complexity index is 5000. The predicted octanol–water partition coefficient (Wildman–Crippen LogP) is 17.8. The van der Waals surface area contributed by atoms with E-state index in [1.54, 1.807) is 0 Å². The van der Waals surface area contributed by atoms with Gasteiger partial charge >= 0.3 is 0 Å². The first-order valence-electron chi connectivity index (χ1n) is 28.2. The van der Waals surface area contributed by atoms with Gasteiger partial charge in [0.2, 0.25) is 0 Å². The number of fused-ring (bicyclic) bond motifs is 11. The second-order valence-corrected chi connectivity index (χ2v) is 22.5. The van der Waals surface area contributed by atoms with Crippen LogP contribution in [0.5, 0.6) is 0 Å². The van der Waals surface area contributed by atoms with Crippen molar-refractivity contribution in [2.24, 2.45) is 0 Å². The molecule has 0 N–H and O–H groups in total. The molecule has 0 bridgehead atoms. The number of nitrogens with zero attached hydrogens (tertiary/aromatic N) is 6. The molecule has 386 valence electrons. The van der Waals surface area contributed by atoms with E-state index in [0.29, 0.717) is 17.5 Å². The number of hydrogen-bond acceptors (Lipinski definition) is 6.